The van der Waals surface area contributed by atoms with Gasteiger partial charge in [-0.3, -0.25) is 4.79 Å². The number of hydrogen-bond acceptors (Lipinski definition) is 2. The first-order valence-electron chi connectivity index (χ1n) is 8.21. The molecule has 1 aromatic rings. The van der Waals surface area contributed by atoms with Crippen LogP contribution in [-0.4, -0.2) is 30.0 Å². The topological polar surface area (TPSA) is 29.5 Å². The Bertz CT molecular complexity index is 468. The van der Waals surface area contributed by atoms with Crippen molar-refractivity contribution in [2.75, 3.05) is 13.1 Å². The molecule has 1 atom stereocenters. The van der Waals surface area contributed by atoms with E-state index >= 15 is 0 Å². The molecule has 1 aromatic carbocycles. The van der Waals surface area contributed by atoms with Crippen molar-refractivity contribution in [2.24, 2.45) is 0 Å². The molecule has 124 valence electrons. The number of hydrogen-bond donors (Lipinski definition) is 0. The van der Waals surface area contributed by atoms with E-state index in [1.54, 1.807) is 6.07 Å². The predicted molar refractivity (Wildman–Crippen MR) is 92.7 cm³/mol. The molecular weight excluding hydrogens is 298 g/mol. The van der Waals surface area contributed by atoms with E-state index in [1.165, 1.54) is 0 Å². The Hall–Kier alpha value is -1.22. The van der Waals surface area contributed by atoms with E-state index in [0.29, 0.717) is 5.02 Å². The number of carbonyl (C=O) groups excluding carboxylic acids is 1. The van der Waals surface area contributed by atoms with E-state index in [1.807, 2.05) is 30.9 Å². The number of unbranched alkanes of at least 4 members (excludes halogenated alkanes) is 2. The van der Waals surface area contributed by atoms with E-state index in [0.717, 1.165) is 50.1 Å². The molecule has 0 fully saturated rings. The van der Waals surface area contributed by atoms with E-state index in [-0.39, 0.29) is 5.91 Å². The monoisotopic (exact) mass is 325 g/mol. The lowest BCUT2D eigenvalue weighted by molar-refractivity contribution is -0.138. The number of benzene rings is 1. The zero-order valence-corrected chi connectivity index (χ0v) is 14.9. The Balaban J connectivity index is 2.70. The van der Waals surface area contributed by atoms with Gasteiger partial charge in [-0.05, 0) is 50.5 Å². The Morgan fingerprint density at radius 3 is 2.32 bits per heavy atom. The predicted octanol–water partition coefficient (Wildman–Crippen LogP) is 4.84. The quantitative estimate of drug-likeness (QED) is 0.650. The Morgan fingerprint density at radius 1 is 1.23 bits per heavy atom. The Kier molecular flexibility index (Phi) is 8.32. The highest BCUT2D eigenvalue weighted by molar-refractivity contribution is 6.30. The number of carbonyl (C=O) groups is 1. The summed E-state index contributed by atoms with van der Waals surface area (Å²) in [5, 5.41) is 0.677. The van der Waals surface area contributed by atoms with Crippen LogP contribution in [0.2, 0.25) is 5.02 Å². The highest BCUT2D eigenvalue weighted by atomic mass is 35.5. The molecule has 1 rings (SSSR count). The summed E-state index contributed by atoms with van der Waals surface area (Å²) in [4.78, 5) is 14.5. The number of ether oxygens (including phenoxy) is 1. The Morgan fingerprint density at radius 2 is 1.82 bits per heavy atom. The summed E-state index contributed by atoms with van der Waals surface area (Å²) < 4.78 is 5.85. The molecule has 1 unspecified atom stereocenters. The van der Waals surface area contributed by atoms with E-state index < -0.39 is 6.10 Å². The summed E-state index contributed by atoms with van der Waals surface area (Å²) in [5.41, 5.74) is 0.945. The fraction of sp³-hybridized carbons (Fsp3) is 0.611. The molecule has 0 aliphatic rings. The van der Waals surface area contributed by atoms with Crippen LogP contribution in [0.4, 0.5) is 0 Å². The van der Waals surface area contributed by atoms with Gasteiger partial charge >= 0.3 is 0 Å². The molecule has 0 spiro atoms. The zero-order chi connectivity index (χ0) is 16.5. The third-order valence-electron chi connectivity index (χ3n) is 3.66. The summed E-state index contributed by atoms with van der Waals surface area (Å²) in [6.45, 7) is 9.65. The van der Waals surface area contributed by atoms with Gasteiger partial charge in [0, 0.05) is 18.1 Å². The average Bonchev–Trinajstić information content (AvgIpc) is 2.49. The van der Waals surface area contributed by atoms with Crippen molar-refractivity contribution in [2.45, 2.75) is 59.5 Å². The molecule has 0 N–H and O–H groups in total. The van der Waals surface area contributed by atoms with Crippen LogP contribution in [0.25, 0.3) is 0 Å². The first kappa shape index (κ1) is 18.8. The third-order valence-corrected chi connectivity index (χ3v) is 3.90. The van der Waals surface area contributed by atoms with Gasteiger partial charge in [0.2, 0.25) is 0 Å². The lowest BCUT2D eigenvalue weighted by Gasteiger charge is -2.26. The number of amides is 1. The van der Waals surface area contributed by atoms with Crippen molar-refractivity contribution in [1.29, 1.82) is 0 Å². The van der Waals surface area contributed by atoms with Crippen LogP contribution in [0, 0.1) is 6.92 Å². The molecule has 4 heteroatoms. The second kappa shape index (κ2) is 9.73. The normalized spacial score (nSPS) is 12.0. The smallest absolute Gasteiger partial charge is 0.263 e. The second-order valence-corrected chi connectivity index (χ2v) is 6.14. The molecule has 0 bridgehead atoms. The maximum atomic E-state index is 12.6. The van der Waals surface area contributed by atoms with Gasteiger partial charge in [-0.1, -0.05) is 38.3 Å². The molecular formula is C18H28ClNO2. The van der Waals surface area contributed by atoms with Crippen molar-refractivity contribution in [3.8, 4) is 5.75 Å². The van der Waals surface area contributed by atoms with Gasteiger partial charge in [0.25, 0.3) is 5.91 Å². The van der Waals surface area contributed by atoms with Crippen molar-refractivity contribution >= 4 is 17.5 Å². The minimum atomic E-state index is -0.478. The molecule has 1 amide bonds. The number of aryl methyl sites for hydroxylation is 1. The maximum absolute atomic E-state index is 12.6. The number of halogens is 1. The second-order valence-electron chi connectivity index (χ2n) is 5.70. The van der Waals surface area contributed by atoms with Crippen LogP contribution < -0.4 is 4.74 Å². The van der Waals surface area contributed by atoms with Crippen LogP contribution in [0.15, 0.2) is 18.2 Å². The molecule has 0 aromatic heterocycles. The van der Waals surface area contributed by atoms with Crippen molar-refractivity contribution < 1.29 is 9.53 Å². The fourth-order valence-corrected chi connectivity index (χ4v) is 2.50. The third kappa shape index (κ3) is 5.88. The molecule has 0 saturated heterocycles. The molecule has 0 aliphatic heterocycles. The summed E-state index contributed by atoms with van der Waals surface area (Å²) in [6.07, 6.45) is 3.75. The van der Waals surface area contributed by atoms with E-state index in [4.69, 9.17) is 16.3 Å². The first-order valence-corrected chi connectivity index (χ1v) is 8.59. The van der Waals surface area contributed by atoms with Gasteiger partial charge < -0.3 is 9.64 Å². The van der Waals surface area contributed by atoms with Gasteiger partial charge in [-0.25, -0.2) is 0 Å². The molecule has 3 nitrogen and oxygen atoms in total. The van der Waals surface area contributed by atoms with E-state index in [2.05, 4.69) is 13.8 Å². The highest BCUT2D eigenvalue weighted by Crippen LogP contribution is 2.23. The maximum Gasteiger partial charge on any atom is 0.263 e. The highest BCUT2D eigenvalue weighted by Gasteiger charge is 2.21. The van der Waals surface area contributed by atoms with Crippen LogP contribution >= 0.6 is 11.6 Å². The molecule has 0 saturated carbocycles. The van der Waals surface area contributed by atoms with Crippen LogP contribution in [0.3, 0.4) is 0 Å². The number of nitrogens with zero attached hydrogens (tertiary/aromatic N) is 1. The summed E-state index contributed by atoms with van der Waals surface area (Å²) >= 11 is 5.95. The average molecular weight is 326 g/mol. The SMILES string of the molecule is CCCCN(CCCC)C(=O)C(C)Oc1ccc(Cl)cc1C. The van der Waals surface area contributed by atoms with Crippen LogP contribution in [0.1, 0.15) is 52.0 Å². The zero-order valence-electron chi connectivity index (χ0n) is 14.2. The van der Waals surface area contributed by atoms with Gasteiger partial charge in [-0.15, -0.1) is 0 Å². The lowest BCUT2D eigenvalue weighted by atomic mass is 10.2. The fourth-order valence-electron chi connectivity index (χ4n) is 2.27. The van der Waals surface area contributed by atoms with Crippen molar-refractivity contribution in [3.63, 3.8) is 0 Å². The summed E-state index contributed by atoms with van der Waals surface area (Å²) in [5.74, 6) is 0.785. The van der Waals surface area contributed by atoms with Gasteiger partial charge in [0.1, 0.15) is 5.75 Å². The summed E-state index contributed by atoms with van der Waals surface area (Å²) in [7, 11) is 0. The minimum absolute atomic E-state index is 0.0660. The summed E-state index contributed by atoms with van der Waals surface area (Å²) in [6, 6.07) is 5.46. The molecule has 0 heterocycles. The number of rotatable bonds is 9. The van der Waals surface area contributed by atoms with Gasteiger partial charge in [0.15, 0.2) is 6.10 Å². The first-order chi connectivity index (χ1) is 10.5. The largest absolute Gasteiger partial charge is 0.481 e. The van der Waals surface area contributed by atoms with Crippen LogP contribution in [-0.2, 0) is 4.79 Å². The lowest BCUT2D eigenvalue weighted by Crippen LogP contribution is -2.41. The van der Waals surface area contributed by atoms with Crippen molar-refractivity contribution in [1.82, 2.24) is 4.90 Å². The van der Waals surface area contributed by atoms with E-state index in [9.17, 15) is 4.79 Å². The minimum Gasteiger partial charge on any atom is -0.481 e. The molecule has 22 heavy (non-hydrogen) atoms. The molecule has 0 aliphatic carbocycles. The van der Waals surface area contributed by atoms with Crippen LogP contribution in [0.5, 0.6) is 5.75 Å². The van der Waals surface area contributed by atoms with Gasteiger partial charge in [-0.2, -0.15) is 0 Å². The van der Waals surface area contributed by atoms with Crippen molar-refractivity contribution in [3.05, 3.63) is 28.8 Å². The molecule has 0 radical (unpaired) electrons. The standard InChI is InChI=1S/C18H28ClNO2/c1-5-7-11-20(12-8-6-2)18(21)15(4)22-17-10-9-16(19)13-14(17)3/h9-10,13,15H,5-8,11-12H2,1-4H3. The Labute approximate surface area is 139 Å². The van der Waals surface area contributed by atoms with Gasteiger partial charge in [0.05, 0.1) is 0 Å².